The molecule has 1 heterocycles. The highest BCUT2D eigenvalue weighted by Crippen LogP contribution is 2.37. The highest BCUT2D eigenvalue weighted by atomic mass is 16.5. The Hall–Kier alpha value is -2.55. The van der Waals surface area contributed by atoms with Crippen molar-refractivity contribution in [2.75, 3.05) is 7.11 Å². The zero-order valence-electron chi connectivity index (χ0n) is 10.5. The Labute approximate surface area is 111 Å². The fraction of sp³-hybridized carbons (Fsp3) is 0.0625. The third kappa shape index (κ3) is 1.99. The van der Waals surface area contributed by atoms with E-state index in [0.29, 0.717) is 0 Å². The first kappa shape index (κ1) is 11.5. The van der Waals surface area contributed by atoms with Crippen LogP contribution in [0, 0.1) is 0 Å². The third-order valence-corrected chi connectivity index (χ3v) is 3.16. The molecule has 19 heavy (non-hydrogen) atoms. The van der Waals surface area contributed by atoms with Crippen molar-refractivity contribution >= 4 is 10.8 Å². The predicted octanol–water partition coefficient (Wildman–Crippen LogP) is 3.62. The molecule has 0 saturated heterocycles. The molecule has 0 aliphatic carbocycles. The normalized spacial score (nSPS) is 10.6. The minimum Gasteiger partial charge on any atom is -0.508 e. The van der Waals surface area contributed by atoms with Gasteiger partial charge in [0.2, 0.25) is 0 Å². The van der Waals surface area contributed by atoms with E-state index >= 15 is 0 Å². The Kier molecular flexibility index (Phi) is 2.80. The van der Waals surface area contributed by atoms with Gasteiger partial charge in [-0.2, -0.15) is 0 Å². The Morgan fingerprint density at radius 1 is 1.00 bits per heavy atom. The van der Waals surface area contributed by atoms with Gasteiger partial charge in [0.15, 0.2) is 0 Å². The van der Waals surface area contributed by atoms with Crippen LogP contribution in [0.15, 0.2) is 54.9 Å². The topological polar surface area (TPSA) is 42.4 Å². The maximum absolute atomic E-state index is 9.40. The number of fused-ring (bicyclic) bond motifs is 1. The molecule has 94 valence electrons. The molecule has 0 spiro atoms. The molecule has 0 aliphatic rings. The third-order valence-electron chi connectivity index (χ3n) is 3.16. The summed E-state index contributed by atoms with van der Waals surface area (Å²) in [6.45, 7) is 0. The van der Waals surface area contributed by atoms with Gasteiger partial charge in [0.25, 0.3) is 0 Å². The summed E-state index contributed by atoms with van der Waals surface area (Å²) < 4.78 is 5.46. The van der Waals surface area contributed by atoms with E-state index in [1.54, 1.807) is 25.4 Å². The maximum atomic E-state index is 9.40. The lowest BCUT2D eigenvalue weighted by atomic mass is 9.98. The van der Waals surface area contributed by atoms with Gasteiger partial charge in [0, 0.05) is 23.3 Å². The lowest BCUT2D eigenvalue weighted by molar-refractivity contribution is 0.417. The molecule has 3 heteroatoms. The number of hydrogen-bond acceptors (Lipinski definition) is 3. The van der Waals surface area contributed by atoms with Crippen LogP contribution in [0.2, 0.25) is 0 Å². The molecular weight excluding hydrogens is 238 g/mol. The van der Waals surface area contributed by atoms with Gasteiger partial charge < -0.3 is 9.84 Å². The second-order valence-electron chi connectivity index (χ2n) is 4.29. The van der Waals surface area contributed by atoms with E-state index in [4.69, 9.17) is 4.74 Å². The molecule has 0 radical (unpaired) electrons. The number of benzene rings is 2. The number of phenols is 1. The second kappa shape index (κ2) is 4.61. The maximum Gasteiger partial charge on any atom is 0.127 e. The zero-order chi connectivity index (χ0) is 13.2. The molecule has 0 unspecified atom stereocenters. The molecule has 3 rings (SSSR count). The largest absolute Gasteiger partial charge is 0.508 e. The standard InChI is InChI=1S/C16H13NO2/c1-19-15-7-4-12-10-17-9-8-14(12)16(15)11-2-5-13(18)6-3-11/h2-10,18H,1H3. The molecule has 0 atom stereocenters. The number of pyridine rings is 1. The van der Waals surface area contributed by atoms with Crippen LogP contribution in [0.3, 0.4) is 0 Å². The number of hydrogen-bond donors (Lipinski definition) is 1. The van der Waals surface area contributed by atoms with Crippen molar-refractivity contribution in [3.05, 3.63) is 54.9 Å². The quantitative estimate of drug-likeness (QED) is 0.756. The number of phenolic OH excluding ortho intramolecular Hbond substituents is 1. The summed E-state index contributed by atoms with van der Waals surface area (Å²) in [4.78, 5) is 4.14. The molecular formula is C16H13NO2. The van der Waals surface area contributed by atoms with Gasteiger partial charge in [-0.05, 0) is 41.3 Å². The van der Waals surface area contributed by atoms with Crippen molar-refractivity contribution in [2.45, 2.75) is 0 Å². The first-order valence-electron chi connectivity index (χ1n) is 6.00. The zero-order valence-corrected chi connectivity index (χ0v) is 10.5. The van der Waals surface area contributed by atoms with Crippen molar-refractivity contribution < 1.29 is 9.84 Å². The molecule has 0 bridgehead atoms. The SMILES string of the molecule is COc1ccc2cnccc2c1-c1ccc(O)cc1. The molecule has 3 nitrogen and oxygen atoms in total. The van der Waals surface area contributed by atoms with Gasteiger partial charge in [-0.1, -0.05) is 12.1 Å². The summed E-state index contributed by atoms with van der Waals surface area (Å²) >= 11 is 0. The lowest BCUT2D eigenvalue weighted by Gasteiger charge is -2.12. The molecule has 0 fully saturated rings. The average Bonchev–Trinajstić information content (AvgIpc) is 2.47. The Morgan fingerprint density at radius 2 is 1.79 bits per heavy atom. The van der Waals surface area contributed by atoms with E-state index in [-0.39, 0.29) is 5.75 Å². The van der Waals surface area contributed by atoms with Crippen LogP contribution in [0.4, 0.5) is 0 Å². The number of rotatable bonds is 2. The number of aromatic nitrogens is 1. The van der Waals surface area contributed by atoms with Gasteiger partial charge in [0.05, 0.1) is 7.11 Å². The van der Waals surface area contributed by atoms with Crippen molar-refractivity contribution in [2.24, 2.45) is 0 Å². The van der Waals surface area contributed by atoms with Crippen LogP contribution in [0.25, 0.3) is 21.9 Å². The van der Waals surface area contributed by atoms with Crippen molar-refractivity contribution in [1.29, 1.82) is 0 Å². The van der Waals surface area contributed by atoms with Gasteiger partial charge >= 0.3 is 0 Å². The summed E-state index contributed by atoms with van der Waals surface area (Å²) in [5, 5.41) is 11.5. The molecule has 3 aromatic rings. The van der Waals surface area contributed by atoms with Crippen molar-refractivity contribution in [1.82, 2.24) is 4.98 Å². The monoisotopic (exact) mass is 251 g/mol. The predicted molar refractivity (Wildman–Crippen MR) is 75.4 cm³/mol. The number of methoxy groups -OCH3 is 1. The van der Waals surface area contributed by atoms with Crippen LogP contribution in [0.1, 0.15) is 0 Å². The average molecular weight is 251 g/mol. The highest BCUT2D eigenvalue weighted by molar-refractivity contribution is 5.99. The Morgan fingerprint density at radius 3 is 2.53 bits per heavy atom. The second-order valence-corrected chi connectivity index (χ2v) is 4.29. The minimum absolute atomic E-state index is 0.254. The van der Waals surface area contributed by atoms with Crippen LogP contribution in [-0.2, 0) is 0 Å². The van der Waals surface area contributed by atoms with E-state index in [1.165, 1.54) is 0 Å². The summed E-state index contributed by atoms with van der Waals surface area (Å²) in [6, 6.07) is 13.0. The van der Waals surface area contributed by atoms with Crippen LogP contribution in [0.5, 0.6) is 11.5 Å². The van der Waals surface area contributed by atoms with Crippen molar-refractivity contribution in [3.63, 3.8) is 0 Å². The van der Waals surface area contributed by atoms with Gasteiger partial charge in [-0.25, -0.2) is 0 Å². The molecule has 0 saturated carbocycles. The Bertz CT molecular complexity index is 720. The van der Waals surface area contributed by atoms with Gasteiger partial charge in [-0.15, -0.1) is 0 Å². The van der Waals surface area contributed by atoms with Crippen molar-refractivity contribution in [3.8, 4) is 22.6 Å². The lowest BCUT2D eigenvalue weighted by Crippen LogP contribution is -1.90. The molecule has 0 aliphatic heterocycles. The van der Waals surface area contributed by atoms with E-state index in [9.17, 15) is 5.11 Å². The first-order valence-corrected chi connectivity index (χ1v) is 6.00. The summed E-state index contributed by atoms with van der Waals surface area (Å²) in [5.74, 6) is 1.06. The summed E-state index contributed by atoms with van der Waals surface area (Å²) in [6.07, 6.45) is 3.60. The van der Waals surface area contributed by atoms with Crippen LogP contribution < -0.4 is 4.74 Å². The molecule has 2 aromatic carbocycles. The fourth-order valence-corrected chi connectivity index (χ4v) is 2.24. The molecule has 1 aromatic heterocycles. The molecule has 0 amide bonds. The van der Waals surface area contributed by atoms with Gasteiger partial charge in [0.1, 0.15) is 11.5 Å². The Balaban J connectivity index is 2.33. The van der Waals surface area contributed by atoms with E-state index in [2.05, 4.69) is 4.98 Å². The highest BCUT2D eigenvalue weighted by Gasteiger charge is 2.10. The number of nitrogens with zero attached hydrogens (tertiary/aromatic N) is 1. The smallest absolute Gasteiger partial charge is 0.127 e. The van der Waals surface area contributed by atoms with Crippen LogP contribution in [-0.4, -0.2) is 17.2 Å². The van der Waals surface area contributed by atoms with E-state index in [0.717, 1.165) is 27.6 Å². The fourth-order valence-electron chi connectivity index (χ4n) is 2.24. The minimum atomic E-state index is 0.254. The van der Waals surface area contributed by atoms with Crippen LogP contribution >= 0.6 is 0 Å². The summed E-state index contributed by atoms with van der Waals surface area (Å²) in [7, 11) is 1.66. The van der Waals surface area contributed by atoms with Gasteiger partial charge in [-0.3, -0.25) is 4.98 Å². The molecule has 1 N–H and O–H groups in total. The number of aromatic hydroxyl groups is 1. The first-order chi connectivity index (χ1) is 9.29. The number of ether oxygens (including phenoxy) is 1. The summed E-state index contributed by atoms with van der Waals surface area (Å²) in [5.41, 5.74) is 2.02. The van der Waals surface area contributed by atoms with E-state index < -0.39 is 0 Å². The van der Waals surface area contributed by atoms with E-state index in [1.807, 2.05) is 36.5 Å².